The van der Waals surface area contributed by atoms with Crippen molar-refractivity contribution in [2.24, 2.45) is 0 Å². The lowest BCUT2D eigenvalue weighted by Gasteiger charge is -2.07. The molecule has 1 aromatic heterocycles. The Bertz CT molecular complexity index is 1240. The number of halogens is 3. The maximum atomic E-state index is 13.4. The highest BCUT2D eigenvalue weighted by atomic mass is 79.9. The van der Waals surface area contributed by atoms with E-state index in [0.29, 0.717) is 22.2 Å². The van der Waals surface area contributed by atoms with Crippen LogP contribution in [0.2, 0.25) is 5.02 Å². The topological polar surface area (TPSA) is 59.8 Å². The van der Waals surface area contributed by atoms with Gasteiger partial charge in [-0.3, -0.25) is 4.79 Å². The predicted octanol–water partition coefficient (Wildman–Crippen LogP) is 6.05. The summed E-state index contributed by atoms with van der Waals surface area (Å²) in [6.07, 6.45) is 0. The lowest BCUT2D eigenvalue weighted by atomic mass is 10.2. The van der Waals surface area contributed by atoms with E-state index in [-0.39, 0.29) is 5.82 Å². The molecule has 0 fully saturated rings. The Kier molecular flexibility index (Phi) is 5.65. The molecule has 0 aliphatic carbocycles. The van der Waals surface area contributed by atoms with Gasteiger partial charge < -0.3 is 5.32 Å². The monoisotopic (exact) mass is 484 g/mol. The second kappa shape index (κ2) is 8.38. The Hall–Kier alpha value is -3.03. The number of aryl methyl sites for hydroxylation is 1. The molecule has 5 nitrogen and oxygen atoms in total. The highest BCUT2D eigenvalue weighted by Gasteiger charge is 2.19. The average Bonchev–Trinajstić information content (AvgIpc) is 3.16. The van der Waals surface area contributed by atoms with Crippen molar-refractivity contribution in [2.45, 2.75) is 6.92 Å². The molecule has 4 aromatic rings. The van der Waals surface area contributed by atoms with Crippen molar-refractivity contribution in [3.05, 3.63) is 93.4 Å². The van der Waals surface area contributed by atoms with E-state index in [0.717, 1.165) is 15.6 Å². The highest BCUT2D eigenvalue weighted by Crippen LogP contribution is 2.26. The quantitative estimate of drug-likeness (QED) is 0.383. The van der Waals surface area contributed by atoms with Crippen LogP contribution in [0.3, 0.4) is 0 Å². The number of hydrogen-bond acceptors (Lipinski definition) is 3. The van der Waals surface area contributed by atoms with Gasteiger partial charge in [0, 0.05) is 20.7 Å². The van der Waals surface area contributed by atoms with E-state index in [2.05, 4.69) is 31.3 Å². The van der Waals surface area contributed by atoms with Crippen LogP contribution in [0.25, 0.3) is 17.1 Å². The fourth-order valence-corrected chi connectivity index (χ4v) is 3.28. The Labute approximate surface area is 185 Å². The van der Waals surface area contributed by atoms with Gasteiger partial charge in [-0.2, -0.15) is 0 Å². The molecule has 0 bridgehead atoms. The van der Waals surface area contributed by atoms with E-state index in [1.807, 2.05) is 43.3 Å². The standard InChI is InChI=1S/C22H15BrClFN4O/c1-13-5-10-18(12-19(13)24)29-21(14-6-8-15(23)9-7-14)27-20(28-29)22(30)26-17-4-2-3-16(25)11-17/h2-12H,1H3,(H,26,30). The van der Waals surface area contributed by atoms with Crippen molar-refractivity contribution in [3.63, 3.8) is 0 Å². The lowest BCUT2D eigenvalue weighted by Crippen LogP contribution is -2.14. The number of carbonyl (C=O) groups is 1. The van der Waals surface area contributed by atoms with Gasteiger partial charge in [0.1, 0.15) is 5.82 Å². The molecular weight excluding hydrogens is 471 g/mol. The van der Waals surface area contributed by atoms with Gasteiger partial charge in [-0.1, -0.05) is 51.8 Å². The fraction of sp³-hybridized carbons (Fsp3) is 0.0455. The minimum Gasteiger partial charge on any atom is -0.319 e. The summed E-state index contributed by atoms with van der Waals surface area (Å²) in [6, 6.07) is 18.6. The number of anilines is 1. The molecule has 150 valence electrons. The van der Waals surface area contributed by atoms with Gasteiger partial charge in [0.2, 0.25) is 5.82 Å². The SMILES string of the molecule is Cc1ccc(-n2nc(C(=O)Nc3cccc(F)c3)nc2-c2ccc(Br)cc2)cc1Cl. The van der Waals surface area contributed by atoms with Gasteiger partial charge in [0.25, 0.3) is 5.91 Å². The van der Waals surface area contributed by atoms with Crippen LogP contribution in [0, 0.1) is 12.7 Å². The summed E-state index contributed by atoms with van der Waals surface area (Å²) < 4.78 is 15.9. The van der Waals surface area contributed by atoms with Gasteiger partial charge in [-0.15, -0.1) is 5.10 Å². The summed E-state index contributed by atoms with van der Waals surface area (Å²) in [5.41, 5.74) is 2.68. The number of rotatable bonds is 4. The zero-order valence-electron chi connectivity index (χ0n) is 15.7. The predicted molar refractivity (Wildman–Crippen MR) is 119 cm³/mol. The van der Waals surface area contributed by atoms with Gasteiger partial charge in [-0.25, -0.2) is 14.1 Å². The number of nitrogens with one attached hydrogen (secondary N) is 1. The third-order valence-corrected chi connectivity index (χ3v) is 5.33. The largest absolute Gasteiger partial charge is 0.319 e. The zero-order valence-corrected chi connectivity index (χ0v) is 18.1. The van der Waals surface area contributed by atoms with Crippen molar-refractivity contribution >= 4 is 39.1 Å². The van der Waals surface area contributed by atoms with E-state index < -0.39 is 11.7 Å². The zero-order chi connectivity index (χ0) is 21.3. The van der Waals surface area contributed by atoms with Crippen LogP contribution in [0.1, 0.15) is 16.2 Å². The van der Waals surface area contributed by atoms with E-state index in [4.69, 9.17) is 11.6 Å². The maximum absolute atomic E-state index is 13.4. The Morgan fingerprint density at radius 2 is 1.87 bits per heavy atom. The first-order valence-electron chi connectivity index (χ1n) is 8.97. The summed E-state index contributed by atoms with van der Waals surface area (Å²) in [7, 11) is 0. The summed E-state index contributed by atoms with van der Waals surface area (Å²) in [5.74, 6) is -0.562. The Balaban J connectivity index is 1.77. The molecule has 1 amide bonds. The minimum absolute atomic E-state index is 0.0473. The van der Waals surface area contributed by atoms with Crippen molar-refractivity contribution in [1.82, 2.24) is 14.8 Å². The third kappa shape index (κ3) is 4.27. The number of aromatic nitrogens is 3. The van der Waals surface area contributed by atoms with Crippen LogP contribution in [-0.2, 0) is 0 Å². The lowest BCUT2D eigenvalue weighted by molar-refractivity contribution is 0.101. The van der Waals surface area contributed by atoms with Crippen LogP contribution in [0.15, 0.2) is 71.2 Å². The van der Waals surface area contributed by atoms with E-state index in [1.54, 1.807) is 16.8 Å². The molecule has 0 saturated heterocycles. The van der Waals surface area contributed by atoms with Crippen LogP contribution in [0.5, 0.6) is 0 Å². The van der Waals surface area contributed by atoms with Crippen LogP contribution >= 0.6 is 27.5 Å². The Morgan fingerprint density at radius 1 is 1.10 bits per heavy atom. The molecule has 0 aliphatic heterocycles. The van der Waals surface area contributed by atoms with Crippen LogP contribution in [0.4, 0.5) is 10.1 Å². The molecule has 0 radical (unpaired) electrons. The molecule has 0 atom stereocenters. The molecule has 30 heavy (non-hydrogen) atoms. The second-order valence-corrected chi connectivity index (χ2v) is 7.90. The molecule has 1 N–H and O–H groups in total. The Morgan fingerprint density at radius 3 is 2.57 bits per heavy atom. The third-order valence-electron chi connectivity index (χ3n) is 4.40. The molecule has 8 heteroatoms. The van der Waals surface area contributed by atoms with E-state index >= 15 is 0 Å². The average molecular weight is 486 g/mol. The van der Waals surface area contributed by atoms with Gasteiger partial charge in [-0.05, 0) is 55.0 Å². The van der Waals surface area contributed by atoms with E-state index in [9.17, 15) is 9.18 Å². The minimum atomic E-state index is -0.545. The molecule has 3 aromatic carbocycles. The van der Waals surface area contributed by atoms with Crippen molar-refractivity contribution in [2.75, 3.05) is 5.32 Å². The molecule has 0 unspecified atom stereocenters. The number of hydrogen-bond donors (Lipinski definition) is 1. The van der Waals surface area contributed by atoms with Gasteiger partial charge in [0.05, 0.1) is 5.69 Å². The molecule has 4 rings (SSSR count). The summed E-state index contributed by atoms with van der Waals surface area (Å²) in [5, 5.41) is 7.60. The first-order valence-corrected chi connectivity index (χ1v) is 10.1. The van der Waals surface area contributed by atoms with Crippen LogP contribution < -0.4 is 5.32 Å². The number of nitrogens with zero attached hydrogens (tertiary/aromatic N) is 3. The molecule has 0 aliphatic rings. The van der Waals surface area contributed by atoms with Crippen molar-refractivity contribution < 1.29 is 9.18 Å². The second-order valence-electron chi connectivity index (χ2n) is 6.58. The summed E-state index contributed by atoms with van der Waals surface area (Å²) >= 11 is 9.71. The van der Waals surface area contributed by atoms with Gasteiger partial charge >= 0.3 is 0 Å². The molecule has 1 heterocycles. The van der Waals surface area contributed by atoms with Crippen LogP contribution in [-0.4, -0.2) is 20.7 Å². The number of carbonyl (C=O) groups excluding carboxylic acids is 1. The molecular formula is C22H15BrClFN4O. The molecule has 0 spiro atoms. The first kappa shape index (κ1) is 20.3. The van der Waals surface area contributed by atoms with Crippen molar-refractivity contribution in [1.29, 1.82) is 0 Å². The normalized spacial score (nSPS) is 10.8. The fourth-order valence-electron chi connectivity index (χ4n) is 2.84. The highest BCUT2D eigenvalue weighted by molar-refractivity contribution is 9.10. The van der Waals surface area contributed by atoms with Gasteiger partial charge in [0.15, 0.2) is 5.82 Å². The number of benzene rings is 3. The summed E-state index contributed by atoms with van der Waals surface area (Å²) in [4.78, 5) is 17.2. The maximum Gasteiger partial charge on any atom is 0.295 e. The summed E-state index contributed by atoms with van der Waals surface area (Å²) in [6.45, 7) is 1.90. The molecule has 0 saturated carbocycles. The van der Waals surface area contributed by atoms with E-state index in [1.165, 1.54) is 18.2 Å². The van der Waals surface area contributed by atoms with Crippen molar-refractivity contribution in [3.8, 4) is 17.1 Å². The smallest absolute Gasteiger partial charge is 0.295 e. The number of amides is 1. The first-order chi connectivity index (χ1) is 14.4.